The smallest absolute Gasteiger partial charge is 0.323 e. The maximum absolute atomic E-state index is 12.2. The molecule has 0 aliphatic rings. The Balaban J connectivity index is 5.29. The summed E-state index contributed by atoms with van der Waals surface area (Å²) in [5, 5.41) is 9.60. The zero-order valence-electron chi connectivity index (χ0n) is 13.5. The molecule has 1 atom stereocenters. The molecular formula is C15H28O5. The Hall–Kier alpha value is -1.10. The number of carboxylic acid groups (broad SMARTS) is 1. The fourth-order valence-electron chi connectivity index (χ4n) is 2.15. The summed E-state index contributed by atoms with van der Waals surface area (Å²) in [5.41, 5.74) is -1.95. The van der Waals surface area contributed by atoms with E-state index in [-0.39, 0.29) is 25.4 Å². The molecule has 5 heteroatoms. The first kappa shape index (κ1) is 18.9. The number of carbonyl (C=O) groups excluding carboxylic acids is 1. The topological polar surface area (TPSA) is 72.8 Å². The number of carboxylic acids is 1. The predicted molar refractivity (Wildman–Crippen MR) is 76.5 cm³/mol. The Morgan fingerprint density at radius 2 is 1.75 bits per heavy atom. The van der Waals surface area contributed by atoms with Crippen LogP contribution in [0.4, 0.5) is 0 Å². The number of aliphatic carboxylic acids is 1. The third kappa shape index (κ3) is 5.12. The number of ether oxygens (including phenoxy) is 2. The number of carbonyl (C=O) groups is 2. The van der Waals surface area contributed by atoms with Gasteiger partial charge in [-0.15, -0.1) is 0 Å². The van der Waals surface area contributed by atoms with Gasteiger partial charge in [-0.2, -0.15) is 0 Å². The number of hydrogen-bond acceptors (Lipinski definition) is 4. The van der Waals surface area contributed by atoms with Crippen LogP contribution in [0.15, 0.2) is 0 Å². The molecule has 1 N–H and O–H groups in total. The molecule has 0 bridgehead atoms. The van der Waals surface area contributed by atoms with Crippen molar-refractivity contribution in [1.29, 1.82) is 0 Å². The summed E-state index contributed by atoms with van der Waals surface area (Å²) in [7, 11) is 1.58. The normalized spacial score (nSPS) is 14.9. The van der Waals surface area contributed by atoms with Crippen molar-refractivity contribution < 1.29 is 24.2 Å². The molecule has 1 unspecified atom stereocenters. The second-order valence-corrected chi connectivity index (χ2v) is 6.17. The van der Waals surface area contributed by atoms with E-state index in [9.17, 15) is 14.7 Å². The third-order valence-electron chi connectivity index (χ3n) is 3.54. The maximum atomic E-state index is 12.2. The van der Waals surface area contributed by atoms with E-state index >= 15 is 0 Å². The van der Waals surface area contributed by atoms with Crippen molar-refractivity contribution in [3.63, 3.8) is 0 Å². The van der Waals surface area contributed by atoms with E-state index in [4.69, 9.17) is 9.47 Å². The second kappa shape index (κ2) is 7.62. The lowest BCUT2D eigenvalue weighted by atomic mass is 9.74. The Bertz CT molecular complexity index is 335. The third-order valence-corrected chi connectivity index (χ3v) is 3.54. The summed E-state index contributed by atoms with van der Waals surface area (Å²) in [6.07, 6.45) is 0.947. The van der Waals surface area contributed by atoms with Crippen molar-refractivity contribution in [3.05, 3.63) is 0 Å². The quantitative estimate of drug-likeness (QED) is 0.521. The molecule has 0 amide bonds. The molecule has 0 spiro atoms. The van der Waals surface area contributed by atoms with Gasteiger partial charge in [0.25, 0.3) is 0 Å². The molecule has 0 aromatic rings. The van der Waals surface area contributed by atoms with Crippen LogP contribution in [0.1, 0.15) is 53.9 Å². The average Bonchev–Trinajstić information content (AvgIpc) is 2.34. The molecule has 0 saturated carbocycles. The van der Waals surface area contributed by atoms with Crippen LogP contribution in [0.25, 0.3) is 0 Å². The fraction of sp³-hybridized carbons (Fsp3) is 0.867. The standard InChI is InChI=1S/C15H28O5/c1-7-20-13(18)15(12(16)17,10-11(2)3)9-8-14(4,5)19-6/h11H,7-10H2,1-6H3,(H,16,17). The van der Waals surface area contributed by atoms with E-state index in [2.05, 4.69) is 0 Å². The molecule has 5 nitrogen and oxygen atoms in total. The highest BCUT2D eigenvalue weighted by Gasteiger charge is 2.48. The van der Waals surface area contributed by atoms with Crippen LogP contribution in [0, 0.1) is 11.3 Å². The molecule has 0 aromatic carbocycles. The van der Waals surface area contributed by atoms with Crippen molar-refractivity contribution in [2.24, 2.45) is 11.3 Å². The predicted octanol–water partition coefficient (Wildman–Crippen LogP) is 2.87. The average molecular weight is 288 g/mol. The lowest BCUT2D eigenvalue weighted by molar-refractivity contribution is -0.171. The molecule has 118 valence electrons. The van der Waals surface area contributed by atoms with Crippen LogP contribution in [0.5, 0.6) is 0 Å². The van der Waals surface area contributed by atoms with E-state index in [1.165, 1.54) is 0 Å². The zero-order valence-corrected chi connectivity index (χ0v) is 13.5. The van der Waals surface area contributed by atoms with Crippen molar-refractivity contribution in [2.75, 3.05) is 13.7 Å². The molecule has 0 rings (SSSR count). The first-order valence-electron chi connectivity index (χ1n) is 7.07. The van der Waals surface area contributed by atoms with Crippen LogP contribution in [0.3, 0.4) is 0 Å². The van der Waals surface area contributed by atoms with Gasteiger partial charge in [-0.3, -0.25) is 9.59 Å². The molecule has 0 radical (unpaired) electrons. The zero-order chi connectivity index (χ0) is 16.0. The maximum Gasteiger partial charge on any atom is 0.323 e. The molecule has 20 heavy (non-hydrogen) atoms. The highest BCUT2D eigenvalue weighted by Crippen LogP contribution is 2.36. The van der Waals surface area contributed by atoms with Gasteiger partial charge in [0.1, 0.15) is 0 Å². The monoisotopic (exact) mass is 288 g/mol. The van der Waals surface area contributed by atoms with E-state index in [1.807, 2.05) is 27.7 Å². The lowest BCUT2D eigenvalue weighted by Gasteiger charge is -2.32. The molecule has 0 saturated heterocycles. The largest absolute Gasteiger partial charge is 0.480 e. The van der Waals surface area contributed by atoms with Crippen LogP contribution in [-0.4, -0.2) is 36.4 Å². The van der Waals surface area contributed by atoms with Gasteiger partial charge in [0.15, 0.2) is 5.41 Å². The van der Waals surface area contributed by atoms with Gasteiger partial charge in [0.2, 0.25) is 0 Å². The van der Waals surface area contributed by atoms with Gasteiger partial charge in [-0.05, 0) is 46.0 Å². The van der Waals surface area contributed by atoms with Gasteiger partial charge in [-0.1, -0.05) is 13.8 Å². The van der Waals surface area contributed by atoms with Crippen LogP contribution in [0.2, 0.25) is 0 Å². The van der Waals surface area contributed by atoms with Gasteiger partial charge in [0.05, 0.1) is 12.2 Å². The van der Waals surface area contributed by atoms with Gasteiger partial charge < -0.3 is 14.6 Å². The minimum absolute atomic E-state index is 0.0844. The van der Waals surface area contributed by atoms with Crippen molar-refractivity contribution in [2.45, 2.75) is 59.5 Å². The Labute approximate surface area is 121 Å². The summed E-state index contributed by atoms with van der Waals surface area (Å²) >= 11 is 0. The Morgan fingerprint density at radius 1 is 1.20 bits per heavy atom. The van der Waals surface area contributed by atoms with Crippen LogP contribution >= 0.6 is 0 Å². The number of esters is 1. The van der Waals surface area contributed by atoms with Crippen LogP contribution in [-0.2, 0) is 19.1 Å². The van der Waals surface area contributed by atoms with Crippen molar-refractivity contribution in [3.8, 4) is 0 Å². The van der Waals surface area contributed by atoms with E-state index in [1.54, 1.807) is 14.0 Å². The van der Waals surface area contributed by atoms with Crippen molar-refractivity contribution in [1.82, 2.24) is 0 Å². The summed E-state index contributed by atoms with van der Waals surface area (Å²) < 4.78 is 10.3. The first-order valence-corrected chi connectivity index (χ1v) is 7.07. The minimum Gasteiger partial charge on any atom is -0.480 e. The second-order valence-electron chi connectivity index (χ2n) is 6.17. The fourth-order valence-corrected chi connectivity index (χ4v) is 2.15. The SMILES string of the molecule is CCOC(=O)C(CCC(C)(C)OC)(CC(C)C)C(=O)O. The molecule has 0 aromatic heterocycles. The summed E-state index contributed by atoms with van der Waals surface area (Å²) in [6, 6.07) is 0. The Morgan fingerprint density at radius 3 is 2.10 bits per heavy atom. The molecule has 0 aliphatic heterocycles. The van der Waals surface area contributed by atoms with Gasteiger partial charge in [-0.25, -0.2) is 0 Å². The van der Waals surface area contributed by atoms with E-state index in [0.29, 0.717) is 6.42 Å². The van der Waals surface area contributed by atoms with Gasteiger partial charge >= 0.3 is 11.9 Å². The van der Waals surface area contributed by atoms with E-state index < -0.39 is 23.0 Å². The molecule has 0 aliphatic carbocycles. The number of hydrogen-bond donors (Lipinski definition) is 1. The Kier molecular flexibility index (Phi) is 7.20. The van der Waals surface area contributed by atoms with E-state index in [0.717, 1.165) is 0 Å². The number of rotatable bonds is 9. The van der Waals surface area contributed by atoms with Crippen LogP contribution < -0.4 is 0 Å². The molecular weight excluding hydrogens is 260 g/mol. The van der Waals surface area contributed by atoms with Crippen molar-refractivity contribution >= 4 is 11.9 Å². The lowest BCUT2D eigenvalue weighted by Crippen LogP contribution is -2.43. The minimum atomic E-state index is -1.49. The summed E-state index contributed by atoms with van der Waals surface area (Å²) in [4.78, 5) is 23.9. The summed E-state index contributed by atoms with van der Waals surface area (Å²) in [5.74, 6) is -1.68. The molecule has 0 fully saturated rings. The highest BCUT2D eigenvalue weighted by molar-refractivity contribution is 5.99. The highest BCUT2D eigenvalue weighted by atomic mass is 16.5. The van der Waals surface area contributed by atoms with Gasteiger partial charge in [0, 0.05) is 7.11 Å². The molecule has 0 heterocycles. The number of methoxy groups -OCH3 is 1. The first-order chi connectivity index (χ1) is 9.11. The summed E-state index contributed by atoms with van der Waals surface area (Å²) in [6.45, 7) is 9.41.